The van der Waals surface area contributed by atoms with Gasteiger partial charge < -0.3 is 10.2 Å². The number of nitrogens with zero attached hydrogens (tertiary/aromatic N) is 5. The van der Waals surface area contributed by atoms with Gasteiger partial charge in [-0.3, -0.25) is 4.79 Å². The Morgan fingerprint density at radius 3 is 2.46 bits per heavy atom. The van der Waals surface area contributed by atoms with Crippen molar-refractivity contribution in [2.75, 3.05) is 24.7 Å². The minimum atomic E-state index is -3.17. The van der Waals surface area contributed by atoms with E-state index in [0.717, 1.165) is 18.4 Å². The highest BCUT2D eigenvalue weighted by molar-refractivity contribution is 7.91. The summed E-state index contributed by atoms with van der Waals surface area (Å²) in [5.41, 5.74) is 1.09. The van der Waals surface area contributed by atoms with E-state index >= 15 is 0 Å². The van der Waals surface area contributed by atoms with Crippen molar-refractivity contribution in [2.24, 2.45) is 0 Å². The highest BCUT2D eigenvalue weighted by Crippen LogP contribution is 2.47. The maximum atomic E-state index is 12.7. The fourth-order valence-corrected chi connectivity index (χ4v) is 4.57. The van der Waals surface area contributed by atoms with Gasteiger partial charge in [0.25, 0.3) is 5.91 Å². The second-order valence-electron chi connectivity index (χ2n) is 7.47. The van der Waals surface area contributed by atoms with Gasteiger partial charge in [0.05, 0.1) is 16.4 Å². The van der Waals surface area contributed by atoms with Crippen molar-refractivity contribution in [3.8, 4) is 0 Å². The monoisotopic (exact) mass is 402 g/mol. The quantitative estimate of drug-likeness (QED) is 0.787. The van der Waals surface area contributed by atoms with Crippen molar-refractivity contribution in [3.05, 3.63) is 42.2 Å². The zero-order chi connectivity index (χ0) is 19.8. The molecule has 1 aliphatic heterocycles. The Hall–Kier alpha value is -2.62. The first kappa shape index (κ1) is 18.7. The molecule has 2 fully saturated rings. The predicted octanol–water partition coefficient (Wildman–Crippen LogP) is 1.02. The summed E-state index contributed by atoms with van der Waals surface area (Å²) in [6.07, 6.45) is 12.4. The third-order valence-corrected chi connectivity index (χ3v) is 6.98. The molecule has 2 aromatic rings. The summed E-state index contributed by atoms with van der Waals surface area (Å²) in [7, 11) is -3.17. The molecule has 3 heterocycles. The van der Waals surface area contributed by atoms with Crippen LogP contribution in [-0.2, 0) is 15.4 Å². The van der Waals surface area contributed by atoms with Gasteiger partial charge in [0.2, 0.25) is 5.95 Å². The average Bonchev–Trinajstić information content (AvgIpc) is 3.49. The summed E-state index contributed by atoms with van der Waals surface area (Å²) < 4.78 is 23.6. The van der Waals surface area contributed by atoms with Crippen LogP contribution in [0.4, 0.5) is 5.95 Å². The molecule has 0 unspecified atom stereocenters. The van der Waals surface area contributed by atoms with Crippen LogP contribution in [0.5, 0.6) is 0 Å². The van der Waals surface area contributed by atoms with Crippen molar-refractivity contribution in [1.82, 2.24) is 24.8 Å². The molecule has 1 atom stereocenters. The maximum Gasteiger partial charge on any atom is 0.257 e. The lowest BCUT2D eigenvalue weighted by Crippen LogP contribution is -2.45. The SMILES string of the molecule is CS(=O)(=O)[C@@H]1CCCN(C(=O)c2cnc(NC3(c4cncnc4)CC3)nc2)C1. The second kappa shape index (κ2) is 7.08. The summed E-state index contributed by atoms with van der Waals surface area (Å²) in [4.78, 5) is 31.0. The Morgan fingerprint density at radius 2 is 1.86 bits per heavy atom. The third-order valence-electron chi connectivity index (χ3n) is 5.38. The molecule has 2 aliphatic rings. The fraction of sp³-hybridized carbons (Fsp3) is 0.500. The Balaban J connectivity index is 1.44. The van der Waals surface area contributed by atoms with Gasteiger partial charge >= 0.3 is 0 Å². The Morgan fingerprint density at radius 1 is 1.18 bits per heavy atom. The molecule has 1 N–H and O–H groups in total. The molecule has 4 rings (SSSR count). The molecule has 0 aromatic carbocycles. The number of anilines is 1. The number of likely N-dealkylation sites (tertiary alicyclic amines) is 1. The molecule has 28 heavy (non-hydrogen) atoms. The molecule has 1 aliphatic carbocycles. The molecule has 9 nitrogen and oxygen atoms in total. The smallest absolute Gasteiger partial charge is 0.257 e. The van der Waals surface area contributed by atoms with Crippen LogP contribution in [0.25, 0.3) is 0 Å². The number of aromatic nitrogens is 4. The van der Waals surface area contributed by atoms with Crippen molar-refractivity contribution in [1.29, 1.82) is 0 Å². The summed E-state index contributed by atoms with van der Waals surface area (Å²) in [6.45, 7) is 0.761. The number of rotatable bonds is 5. The van der Waals surface area contributed by atoms with Crippen molar-refractivity contribution in [3.63, 3.8) is 0 Å². The predicted molar refractivity (Wildman–Crippen MR) is 102 cm³/mol. The number of nitrogens with one attached hydrogen (secondary N) is 1. The normalized spacial score (nSPS) is 21.2. The lowest BCUT2D eigenvalue weighted by atomic mass is 10.1. The van der Waals surface area contributed by atoms with Gasteiger partial charge in [0, 0.05) is 49.7 Å². The van der Waals surface area contributed by atoms with Gasteiger partial charge in [0.1, 0.15) is 6.33 Å². The molecule has 1 saturated carbocycles. The number of carbonyl (C=O) groups excluding carboxylic acids is 1. The van der Waals surface area contributed by atoms with Crippen LogP contribution >= 0.6 is 0 Å². The van der Waals surface area contributed by atoms with E-state index in [0.29, 0.717) is 30.9 Å². The van der Waals surface area contributed by atoms with E-state index in [1.807, 2.05) is 0 Å². The lowest BCUT2D eigenvalue weighted by Gasteiger charge is -2.31. The molecule has 10 heteroatoms. The van der Waals surface area contributed by atoms with Crippen LogP contribution in [0.15, 0.2) is 31.1 Å². The minimum absolute atomic E-state index is 0.217. The van der Waals surface area contributed by atoms with E-state index in [4.69, 9.17) is 0 Å². The number of piperidine rings is 1. The van der Waals surface area contributed by atoms with E-state index in [9.17, 15) is 13.2 Å². The van der Waals surface area contributed by atoms with Crippen molar-refractivity contribution in [2.45, 2.75) is 36.5 Å². The van der Waals surface area contributed by atoms with Gasteiger partial charge in [0.15, 0.2) is 9.84 Å². The van der Waals surface area contributed by atoms with Gasteiger partial charge in [-0.25, -0.2) is 28.4 Å². The molecule has 2 aromatic heterocycles. The molecular formula is C18H22N6O3S. The first-order valence-corrected chi connectivity index (χ1v) is 11.2. The van der Waals surface area contributed by atoms with E-state index in [2.05, 4.69) is 25.3 Å². The van der Waals surface area contributed by atoms with Crippen LogP contribution in [0, 0.1) is 0 Å². The molecular weight excluding hydrogens is 380 g/mol. The highest BCUT2D eigenvalue weighted by atomic mass is 32.2. The second-order valence-corrected chi connectivity index (χ2v) is 9.80. The van der Waals surface area contributed by atoms with Crippen LogP contribution in [-0.4, -0.2) is 63.8 Å². The molecule has 0 spiro atoms. The van der Waals surface area contributed by atoms with Crippen molar-refractivity contribution >= 4 is 21.7 Å². The molecule has 0 radical (unpaired) electrons. The van der Waals surface area contributed by atoms with E-state index < -0.39 is 15.1 Å². The minimum Gasteiger partial charge on any atom is -0.345 e. The van der Waals surface area contributed by atoms with Gasteiger partial charge in [-0.05, 0) is 25.7 Å². The van der Waals surface area contributed by atoms with Crippen LogP contribution < -0.4 is 5.32 Å². The fourth-order valence-electron chi connectivity index (χ4n) is 3.53. The average molecular weight is 402 g/mol. The first-order valence-electron chi connectivity index (χ1n) is 9.21. The molecule has 0 bridgehead atoms. The Kier molecular flexibility index (Phi) is 4.74. The summed E-state index contributed by atoms with van der Waals surface area (Å²) in [5.74, 6) is 0.197. The zero-order valence-electron chi connectivity index (χ0n) is 15.6. The standard InChI is InChI=1S/C18H22N6O3S/c1-28(26,27)15-3-2-6-24(11-15)16(25)13-7-21-17(22-8-13)23-18(4-5-18)14-9-19-12-20-10-14/h7-10,12,15H,2-6,11H2,1H3,(H,21,22,23)/t15-/m1/s1. The summed E-state index contributed by atoms with van der Waals surface area (Å²) in [5, 5.41) is 2.81. The Labute approximate surface area is 163 Å². The van der Waals surface area contributed by atoms with Crippen LogP contribution in [0.1, 0.15) is 41.6 Å². The van der Waals surface area contributed by atoms with E-state index in [1.54, 1.807) is 17.3 Å². The Bertz CT molecular complexity index is 961. The highest BCUT2D eigenvalue weighted by Gasteiger charge is 2.45. The number of hydrogen-bond acceptors (Lipinski definition) is 8. The largest absolute Gasteiger partial charge is 0.345 e. The summed E-state index contributed by atoms with van der Waals surface area (Å²) in [6, 6.07) is 0. The van der Waals surface area contributed by atoms with Gasteiger partial charge in [-0.15, -0.1) is 0 Å². The molecule has 1 saturated heterocycles. The molecule has 1 amide bonds. The maximum absolute atomic E-state index is 12.7. The van der Waals surface area contributed by atoms with Crippen molar-refractivity contribution < 1.29 is 13.2 Å². The topological polar surface area (TPSA) is 118 Å². The van der Waals surface area contributed by atoms with Gasteiger partial charge in [-0.1, -0.05) is 0 Å². The van der Waals surface area contributed by atoms with Crippen LogP contribution in [0.2, 0.25) is 0 Å². The number of hydrogen-bond donors (Lipinski definition) is 1. The number of amides is 1. The third kappa shape index (κ3) is 3.82. The van der Waals surface area contributed by atoms with E-state index in [-0.39, 0.29) is 18.0 Å². The zero-order valence-corrected chi connectivity index (χ0v) is 16.4. The lowest BCUT2D eigenvalue weighted by molar-refractivity contribution is 0.0726. The van der Waals surface area contributed by atoms with Gasteiger partial charge in [-0.2, -0.15) is 0 Å². The first-order chi connectivity index (χ1) is 13.4. The van der Waals surface area contributed by atoms with Crippen LogP contribution in [0.3, 0.4) is 0 Å². The summed E-state index contributed by atoms with van der Waals surface area (Å²) >= 11 is 0. The number of sulfone groups is 1. The molecule has 148 valence electrons. The number of carbonyl (C=O) groups is 1. The van der Waals surface area contributed by atoms with E-state index in [1.165, 1.54) is 25.0 Å².